The van der Waals surface area contributed by atoms with E-state index in [0.717, 1.165) is 0 Å². The zero-order valence-electron chi connectivity index (χ0n) is 17.2. The minimum Gasteiger partial charge on any atom is -0.460 e. The Morgan fingerprint density at radius 2 is 1.21 bits per heavy atom. The van der Waals surface area contributed by atoms with E-state index in [9.17, 15) is 14.4 Å². The van der Waals surface area contributed by atoms with Crippen LogP contribution in [0.5, 0.6) is 0 Å². The number of rotatable bonds is 5. The van der Waals surface area contributed by atoms with E-state index in [0.29, 0.717) is 6.42 Å². The highest BCUT2D eigenvalue weighted by atomic mass is 16.7. The lowest BCUT2D eigenvalue weighted by Gasteiger charge is -2.43. The van der Waals surface area contributed by atoms with Crippen molar-refractivity contribution in [2.75, 3.05) is 0 Å². The average Bonchev–Trinajstić information content (AvgIpc) is 2.52. The van der Waals surface area contributed by atoms with Gasteiger partial charge in [0.2, 0.25) is 0 Å². The van der Waals surface area contributed by atoms with Crippen molar-refractivity contribution in [2.45, 2.75) is 103 Å². The summed E-state index contributed by atoms with van der Waals surface area (Å²) in [5.41, 5.74) is 0. The molecule has 9 heteroatoms. The van der Waals surface area contributed by atoms with E-state index in [4.69, 9.17) is 28.4 Å². The van der Waals surface area contributed by atoms with Gasteiger partial charge in [-0.1, -0.05) is 0 Å². The Balaban J connectivity index is 2.11. The highest BCUT2D eigenvalue weighted by Crippen LogP contribution is 2.31. The van der Waals surface area contributed by atoms with E-state index >= 15 is 0 Å². The maximum Gasteiger partial charge on any atom is 0.303 e. The molecule has 2 aliphatic heterocycles. The number of carbonyl (C=O) groups excluding carboxylic acids is 3. The van der Waals surface area contributed by atoms with E-state index in [1.807, 2.05) is 13.8 Å². The first kappa shape index (κ1) is 22.6. The molecule has 9 nitrogen and oxygen atoms in total. The van der Waals surface area contributed by atoms with Gasteiger partial charge >= 0.3 is 17.9 Å². The second kappa shape index (κ2) is 9.67. The molecule has 0 aromatic heterocycles. The highest BCUT2D eigenvalue weighted by Gasteiger charge is 2.45. The lowest BCUT2D eigenvalue weighted by atomic mass is 9.98. The lowest BCUT2D eigenvalue weighted by Crippen LogP contribution is -2.55. The fourth-order valence-electron chi connectivity index (χ4n) is 3.74. The normalized spacial score (nSPS) is 38.4. The molecule has 0 aromatic carbocycles. The van der Waals surface area contributed by atoms with Crippen LogP contribution in [-0.2, 0) is 42.8 Å². The summed E-state index contributed by atoms with van der Waals surface area (Å²) in [7, 11) is 0. The summed E-state index contributed by atoms with van der Waals surface area (Å²) in [6.45, 7) is 9.38. The molecule has 2 heterocycles. The topological polar surface area (TPSA) is 107 Å². The van der Waals surface area contributed by atoms with Crippen molar-refractivity contribution in [3.63, 3.8) is 0 Å². The molecule has 0 aliphatic carbocycles. The molecule has 0 N–H and O–H groups in total. The van der Waals surface area contributed by atoms with Crippen LogP contribution in [0.15, 0.2) is 0 Å². The Hall–Kier alpha value is -1.71. The third kappa shape index (κ3) is 6.15. The van der Waals surface area contributed by atoms with Crippen molar-refractivity contribution in [3.05, 3.63) is 0 Å². The van der Waals surface area contributed by atoms with Crippen molar-refractivity contribution in [1.82, 2.24) is 0 Å². The summed E-state index contributed by atoms with van der Waals surface area (Å²) in [5, 5.41) is 0. The Morgan fingerprint density at radius 1 is 0.714 bits per heavy atom. The molecule has 2 aliphatic rings. The standard InChI is InChI=1S/C19H30O9/c1-9-7-15(25-12(4)20)19(10(2)23-9)28-17-8-16(26-13(5)21)18(11(3)24-17)27-14(6)22/h9-11,15-19H,7-8H2,1-6H3/t9?,10-,11-,15-,16-,17?,18-,19-/m1/s1. The summed E-state index contributed by atoms with van der Waals surface area (Å²) in [5.74, 6) is -1.38. The Labute approximate surface area is 164 Å². The smallest absolute Gasteiger partial charge is 0.303 e. The Bertz CT molecular complexity index is 578. The van der Waals surface area contributed by atoms with Gasteiger partial charge in [-0.05, 0) is 20.8 Å². The van der Waals surface area contributed by atoms with Crippen LogP contribution in [0.4, 0.5) is 0 Å². The number of esters is 3. The van der Waals surface area contributed by atoms with E-state index in [2.05, 4.69) is 0 Å². The number of hydrogen-bond acceptors (Lipinski definition) is 9. The molecular weight excluding hydrogens is 372 g/mol. The molecule has 0 radical (unpaired) electrons. The molecule has 2 fully saturated rings. The predicted octanol–water partition coefficient (Wildman–Crippen LogP) is 1.50. The van der Waals surface area contributed by atoms with Crippen LogP contribution in [0, 0.1) is 0 Å². The van der Waals surface area contributed by atoms with Crippen molar-refractivity contribution in [3.8, 4) is 0 Å². The van der Waals surface area contributed by atoms with E-state index < -0.39 is 54.7 Å². The van der Waals surface area contributed by atoms with Crippen LogP contribution in [0.2, 0.25) is 0 Å². The van der Waals surface area contributed by atoms with E-state index in [1.165, 1.54) is 20.8 Å². The molecule has 2 unspecified atom stereocenters. The van der Waals surface area contributed by atoms with Crippen LogP contribution in [0.25, 0.3) is 0 Å². The summed E-state index contributed by atoms with van der Waals surface area (Å²) < 4.78 is 33.8. The first-order valence-corrected chi connectivity index (χ1v) is 9.54. The molecule has 0 spiro atoms. The van der Waals surface area contributed by atoms with E-state index in [1.54, 1.807) is 6.92 Å². The monoisotopic (exact) mass is 402 g/mol. The number of carbonyl (C=O) groups is 3. The predicted molar refractivity (Wildman–Crippen MR) is 95.1 cm³/mol. The van der Waals surface area contributed by atoms with Gasteiger partial charge in [0.25, 0.3) is 0 Å². The molecule has 0 aromatic rings. The van der Waals surface area contributed by atoms with Crippen LogP contribution >= 0.6 is 0 Å². The third-order valence-corrected chi connectivity index (χ3v) is 4.71. The zero-order valence-corrected chi connectivity index (χ0v) is 17.2. The summed E-state index contributed by atoms with van der Waals surface area (Å²) in [6, 6.07) is 0. The van der Waals surface area contributed by atoms with Crippen LogP contribution in [-0.4, -0.2) is 66.9 Å². The van der Waals surface area contributed by atoms with Gasteiger partial charge in [-0.3, -0.25) is 14.4 Å². The molecule has 0 amide bonds. The summed E-state index contributed by atoms with van der Waals surface area (Å²) in [4.78, 5) is 34.4. The molecule has 8 atom stereocenters. The molecule has 160 valence electrons. The molecule has 0 saturated carbocycles. The van der Waals surface area contributed by atoms with Gasteiger partial charge in [0.1, 0.15) is 18.3 Å². The fraction of sp³-hybridized carbons (Fsp3) is 0.842. The largest absolute Gasteiger partial charge is 0.460 e. The van der Waals surface area contributed by atoms with Crippen molar-refractivity contribution in [1.29, 1.82) is 0 Å². The van der Waals surface area contributed by atoms with Gasteiger partial charge in [-0.15, -0.1) is 0 Å². The van der Waals surface area contributed by atoms with Gasteiger partial charge < -0.3 is 28.4 Å². The first-order valence-electron chi connectivity index (χ1n) is 9.54. The van der Waals surface area contributed by atoms with Gasteiger partial charge in [-0.25, -0.2) is 0 Å². The Morgan fingerprint density at radius 3 is 1.75 bits per heavy atom. The second-order valence-electron chi connectivity index (χ2n) is 7.36. The van der Waals surface area contributed by atoms with Crippen molar-refractivity contribution in [2.24, 2.45) is 0 Å². The number of ether oxygens (including phenoxy) is 6. The maximum atomic E-state index is 11.5. The minimum absolute atomic E-state index is 0.0764. The van der Waals surface area contributed by atoms with Crippen LogP contribution in [0.3, 0.4) is 0 Å². The van der Waals surface area contributed by atoms with Gasteiger partial charge in [0.05, 0.1) is 18.3 Å². The fourth-order valence-corrected chi connectivity index (χ4v) is 3.74. The molecule has 0 bridgehead atoms. The quantitative estimate of drug-likeness (QED) is 0.499. The second-order valence-corrected chi connectivity index (χ2v) is 7.36. The zero-order chi connectivity index (χ0) is 21.0. The first-order chi connectivity index (χ1) is 13.1. The molecular formula is C19H30O9. The lowest BCUT2D eigenvalue weighted by molar-refractivity contribution is -0.296. The average molecular weight is 402 g/mol. The van der Waals surface area contributed by atoms with Gasteiger partial charge in [0.15, 0.2) is 12.4 Å². The summed E-state index contributed by atoms with van der Waals surface area (Å²) >= 11 is 0. The minimum atomic E-state index is -0.742. The maximum absolute atomic E-state index is 11.5. The van der Waals surface area contributed by atoms with Gasteiger partial charge in [-0.2, -0.15) is 0 Å². The highest BCUT2D eigenvalue weighted by molar-refractivity contribution is 5.67. The van der Waals surface area contributed by atoms with E-state index in [-0.39, 0.29) is 18.6 Å². The number of hydrogen-bond donors (Lipinski definition) is 0. The van der Waals surface area contributed by atoms with Crippen molar-refractivity contribution >= 4 is 17.9 Å². The summed E-state index contributed by atoms with van der Waals surface area (Å²) in [6.07, 6.45) is -3.49. The Kier molecular flexibility index (Phi) is 7.79. The molecule has 2 saturated heterocycles. The van der Waals surface area contributed by atoms with Crippen molar-refractivity contribution < 1.29 is 42.8 Å². The van der Waals surface area contributed by atoms with Gasteiger partial charge in [0, 0.05) is 33.6 Å². The SMILES string of the molecule is CC(=O)O[C@@H]1[C@@H](C)OC(O[C@@H]2[C@@H](C)OC(C)C[C@H]2OC(C)=O)C[C@H]1OC(C)=O. The molecule has 2 rings (SSSR count). The van der Waals surface area contributed by atoms with Crippen LogP contribution in [0.1, 0.15) is 54.4 Å². The molecule has 28 heavy (non-hydrogen) atoms. The third-order valence-electron chi connectivity index (χ3n) is 4.71. The van der Waals surface area contributed by atoms with Crippen LogP contribution < -0.4 is 0 Å².